The number of imidazole rings is 1. The van der Waals surface area contributed by atoms with Gasteiger partial charge in [-0.2, -0.15) is 0 Å². The lowest BCUT2D eigenvalue weighted by atomic mass is 9.94. The third-order valence-corrected chi connectivity index (χ3v) is 4.74. The Morgan fingerprint density at radius 3 is 2.95 bits per heavy atom. The number of aromatic nitrogens is 2. The standard InChI is InChI=1S/C14H19IN4/c1-9-8-18(2)6-5-12(9)19-13-4-3-10(15)7-11(13)17-14(19)16/h3-4,7,9,12H,5-6,8H2,1-2H3,(H2,16,17). The number of fused-ring (bicyclic) bond motifs is 1. The second-order valence-electron chi connectivity index (χ2n) is 5.57. The normalized spacial score (nSPS) is 25.0. The second-order valence-corrected chi connectivity index (χ2v) is 6.81. The number of anilines is 1. The molecule has 102 valence electrons. The number of piperidine rings is 1. The SMILES string of the molecule is CC1CN(C)CCC1n1c(N)nc2cc(I)ccc21. The molecule has 0 radical (unpaired) electrons. The van der Waals surface area contributed by atoms with Crippen LogP contribution in [-0.4, -0.2) is 34.6 Å². The predicted molar refractivity (Wildman–Crippen MR) is 87.2 cm³/mol. The zero-order valence-electron chi connectivity index (χ0n) is 11.3. The summed E-state index contributed by atoms with van der Waals surface area (Å²) in [6, 6.07) is 6.83. The molecule has 5 heteroatoms. The average molecular weight is 370 g/mol. The summed E-state index contributed by atoms with van der Waals surface area (Å²) in [7, 11) is 2.18. The summed E-state index contributed by atoms with van der Waals surface area (Å²) in [5.74, 6) is 1.25. The monoisotopic (exact) mass is 370 g/mol. The van der Waals surface area contributed by atoms with Gasteiger partial charge in [-0.1, -0.05) is 6.92 Å². The molecule has 1 aliphatic heterocycles. The fraction of sp³-hybridized carbons (Fsp3) is 0.500. The van der Waals surface area contributed by atoms with Crippen molar-refractivity contribution in [2.24, 2.45) is 5.92 Å². The summed E-state index contributed by atoms with van der Waals surface area (Å²) < 4.78 is 3.44. The van der Waals surface area contributed by atoms with E-state index in [0.29, 0.717) is 17.9 Å². The molecule has 2 unspecified atom stereocenters. The summed E-state index contributed by atoms with van der Waals surface area (Å²) in [6.07, 6.45) is 1.14. The number of nitrogens with two attached hydrogens (primary N) is 1. The van der Waals surface area contributed by atoms with Crippen molar-refractivity contribution in [1.29, 1.82) is 0 Å². The van der Waals surface area contributed by atoms with Crippen molar-refractivity contribution >= 4 is 39.6 Å². The molecule has 0 bridgehead atoms. The van der Waals surface area contributed by atoms with E-state index in [1.54, 1.807) is 0 Å². The summed E-state index contributed by atoms with van der Waals surface area (Å²) in [5, 5.41) is 0. The van der Waals surface area contributed by atoms with Crippen LogP contribution in [0.15, 0.2) is 18.2 Å². The summed E-state index contributed by atoms with van der Waals surface area (Å²) in [5.41, 5.74) is 8.34. The van der Waals surface area contributed by atoms with E-state index in [1.165, 1.54) is 9.09 Å². The van der Waals surface area contributed by atoms with Gasteiger partial charge in [0.15, 0.2) is 0 Å². The topological polar surface area (TPSA) is 47.1 Å². The Labute approximate surface area is 127 Å². The number of hydrogen-bond donors (Lipinski definition) is 1. The van der Waals surface area contributed by atoms with Gasteiger partial charge in [-0.3, -0.25) is 0 Å². The van der Waals surface area contributed by atoms with Gasteiger partial charge in [0.2, 0.25) is 5.95 Å². The molecule has 3 rings (SSSR count). The first-order valence-corrected chi connectivity index (χ1v) is 7.75. The Balaban J connectivity index is 2.07. The van der Waals surface area contributed by atoms with Gasteiger partial charge in [-0.15, -0.1) is 0 Å². The van der Waals surface area contributed by atoms with Gasteiger partial charge in [0.1, 0.15) is 0 Å². The van der Waals surface area contributed by atoms with Gasteiger partial charge in [0.25, 0.3) is 0 Å². The first-order valence-electron chi connectivity index (χ1n) is 6.68. The van der Waals surface area contributed by atoms with Crippen molar-refractivity contribution in [2.75, 3.05) is 25.9 Å². The molecule has 2 heterocycles. The van der Waals surface area contributed by atoms with Crippen LogP contribution in [0.5, 0.6) is 0 Å². The molecule has 2 aromatic rings. The van der Waals surface area contributed by atoms with Crippen LogP contribution in [0.25, 0.3) is 11.0 Å². The zero-order chi connectivity index (χ0) is 13.6. The molecule has 0 amide bonds. The minimum atomic E-state index is 0.460. The van der Waals surface area contributed by atoms with Crippen LogP contribution in [0.2, 0.25) is 0 Å². The van der Waals surface area contributed by atoms with Crippen LogP contribution in [-0.2, 0) is 0 Å². The maximum Gasteiger partial charge on any atom is 0.201 e. The molecule has 1 saturated heterocycles. The summed E-state index contributed by atoms with van der Waals surface area (Å²) in [6.45, 7) is 4.55. The fourth-order valence-electron chi connectivity index (χ4n) is 3.16. The molecule has 0 aliphatic carbocycles. The molecule has 1 aliphatic rings. The van der Waals surface area contributed by atoms with Crippen molar-refractivity contribution in [3.05, 3.63) is 21.8 Å². The number of nitrogens with zero attached hydrogens (tertiary/aromatic N) is 3. The summed E-state index contributed by atoms with van der Waals surface area (Å²) in [4.78, 5) is 6.91. The first kappa shape index (κ1) is 13.2. The van der Waals surface area contributed by atoms with Crippen LogP contribution in [0.4, 0.5) is 5.95 Å². The molecular formula is C14H19IN4. The Morgan fingerprint density at radius 2 is 2.21 bits per heavy atom. The van der Waals surface area contributed by atoms with Crippen LogP contribution in [0.3, 0.4) is 0 Å². The average Bonchev–Trinajstić information content (AvgIpc) is 2.65. The maximum atomic E-state index is 6.17. The van der Waals surface area contributed by atoms with E-state index >= 15 is 0 Å². The minimum absolute atomic E-state index is 0.460. The minimum Gasteiger partial charge on any atom is -0.369 e. The molecule has 0 spiro atoms. The third-order valence-electron chi connectivity index (χ3n) is 4.07. The number of halogens is 1. The Bertz CT molecular complexity index is 607. The van der Waals surface area contributed by atoms with Crippen molar-refractivity contribution in [3.63, 3.8) is 0 Å². The smallest absolute Gasteiger partial charge is 0.201 e. The molecule has 2 atom stereocenters. The van der Waals surface area contributed by atoms with E-state index in [0.717, 1.165) is 25.0 Å². The lowest BCUT2D eigenvalue weighted by molar-refractivity contribution is 0.162. The predicted octanol–water partition coefficient (Wildman–Crippen LogP) is 2.74. The van der Waals surface area contributed by atoms with Gasteiger partial charge < -0.3 is 15.2 Å². The largest absolute Gasteiger partial charge is 0.369 e. The van der Waals surface area contributed by atoms with Crippen LogP contribution < -0.4 is 5.73 Å². The van der Waals surface area contributed by atoms with Gasteiger partial charge in [-0.05, 0) is 66.7 Å². The molecule has 19 heavy (non-hydrogen) atoms. The van der Waals surface area contributed by atoms with E-state index in [9.17, 15) is 0 Å². The highest BCUT2D eigenvalue weighted by atomic mass is 127. The van der Waals surface area contributed by atoms with Gasteiger partial charge in [-0.25, -0.2) is 4.98 Å². The molecule has 0 saturated carbocycles. The molecule has 1 aromatic heterocycles. The Kier molecular flexibility index (Phi) is 3.42. The lowest BCUT2D eigenvalue weighted by Gasteiger charge is -2.36. The second kappa shape index (κ2) is 4.94. The highest BCUT2D eigenvalue weighted by Gasteiger charge is 2.28. The Hall–Kier alpha value is -0.820. The van der Waals surface area contributed by atoms with E-state index in [4.69, 9.17) is 5.73 Å². The number of hydrogen-bond acceptors (Lipinski definition) is 3. The maximum absolute atomic E-state index is 6.17. The Morgan fingerprint density at radius 1 is 1.42 bits per heavy atom. The number of likely N-dealkylation sites (tertiary alicyclic amines) is 1. The molecule has 1 aromatic carbocycles. The highest BCUT2D eigenvalue weighted by Crippen LogP contribution is 2.33. The van der Waals surface area contributed by atoms with Crippen LogP contribution >= 0.6 is 22.6 Å². The van der Waals surface area contributed by atoms with E-state index in [-0.39, 0.29) is 0 Å². The molecule has 4 nitrogen and oxygen atoms in total. The quantitative estimate of drug-likeness (QED) is 0.786. The lowest BCUT2D eigenvalue weighted by Crippen LogP contribution is -2.38. The van der Waals surface area contributed by atoms with Crippen molar-refractivity contribution in [2.45, 2.75) is 19.4 Å². The van der Waals surface area contributed by atoms with E-state index in [1.807, 2.05) is 0 Å². The number of rotatable bonds is 1. The van der Waals surface area contributed by atoms with Gasteiger partial charge >= 0.3 is 0 Å². The zero-order valence-corrected chi connectivity index (χ0v) is 13.5. The van der Waals surface area contributed by atoms with Crippen LogP contribution in [0.1, 0.15) is 19.4 Å². The van der Waals surface area contributed by atoms with Crippen molar-refractivity contribution in [1.82, 2.24) is 14.5 Å². The van der Waals surface area contributed by atoms with E-state index in [2.05, 4.69) is 69.2 Å². The van der Waals surface area contributed by atoms with Gasteiger partial charge in [0.05, 0.1) is 11.0 Å². The number of nitrogen functional groups attached to an aromatic ring is 1. The van der Waals surface area contributed by atoms with Gasteiger partial charge in [0, 0.05) is 16.2 Å². The molecule has 2 N–H and O–H groups in total. The fourth-order valence-corrected chi connectivity index (χ4v) is 3.64. The van der Waals surface area contributed by atoms with Crippen LogP contribution in [0, 0.1) is 9.49 Å². The van der Waals surface area contributed by atoms with Crippen molar-refractivity contribution in [3.8, 4) is 0 Å². The summed E-state index contributed by atoms with van der Waals surface area (Å²) >= 11 is 2.31. The third kappa shape index (κ3) is 2.33. The number of benzene rings is 1. The molecule has 1 fully saturated rings. The highest BCUT2D eigenvalue weighted by molar-refractivity contribution is 14.1. The molecular weight excluding hydrogens is 351 g/mol. The van der Waals surface area contributed by atoms with E-state index < -0.39 is 0 Å². The van der Waals surface area contributed by atoms with Crippen molar-refractivity contribution < 1.29 is 0 Å². The first-order chi connectivity index (χ1) is 9.06.